The molecule has 0 saturated carbocycles. The molecule has 0 radical (unpaired) electrons. The van der Waals surface area contributed by atoms with Gasteiger partial charge in [-0.3, -0.25) is 0 Å². The van der Waals surface area contributed by atoms with Crippen LogP contribution in [0.25, 0.3) is 0 Å². The minimum atomic E-state index is -0.362. The summed E-state index contributed by atoms with van der Waals surface area (Å²) < 4.78 is 5.31. The Bertz CT molecular complexity index is 79.3. The van der Waals surface area contributed by atoms with E-state index in [-0.39, 0.29) is 12.2 Å². The van der Waals surface area contributed by atoms with E-state index in [9.17, 15) is 0 Å². The Morgan fingerprint density at radius 3 is 2.00 bits per heavy atom. The summed E-state index contributed by atoms with van der Waals surface area (Å²) in [5, 5.41) is 9.01. The predicted octanol–water partition coefficient (Wildman–Crippen LogP) is 1.43. The fourth-order valence-corrected chi connectivity index (χ4v) is 0.483. The minimum absolute atomic E-state index is 0.0394. The molecule has 2 heteroatoms. The SMILES string of the molecule is CC(C)COC(C)[C@@H](C)O. The van der Waals surface area contributed by atoms with Crippen molar-refractivity contribution in [3.63, 3.8) is 0 Å². The first-order valence-corrected chi connectivity index (χ1v) is 3.83. The molecule has 0 heterocycles. The molecule has 1 N–H and O–H groups in total. The smallest absolute Gasteiger partial charge is 0.0803 e. The van der Waals surface area contributed by atoms with Crippen LogP contribution in [0.5, 0.6) is 0 Å². The summed E-state index contributed by atoms with van der Waals surface area (Å²) in [6, 6.07) is 0. The van der Waals surface area contributed by atoms with Gasteiger partial charge in [-0.1, -0.05) is 13.8 Å². The van der Waals surface area contributed by atoms with Crippen molar-refractivity contribution < 1.29 is 9.84 Å². The maximum Gasteiger partial charge on any atom is 0.0803 e. The van der Waals surface area contributed by atoms with E-state index in [2.05, 4.69) is 13.8 Å². The molecule has 0 aromatic carbocycles. The molecule has 10 heavy (non-hydrogen) atoms. The van der Waals surface area contributed by atoms with Crippen LogP contribution in [0.2, 0.25) is 0 Å². The van der Waals surface area contributed by atoms with Crippen molar-refractivity contribution in [2.24, 2.45) is 5.92 Å². The molecular weight excluding hydrogens is 128 g/mol. The molecule has 0 fully saturated rings. The van der Waals surface area contributed by atoms with Crippen LogP contribution in [-0.2, 0) is 4.74 Å². The molecule has 0 aromatic heterocycles. The van der Waals surface area contributed by atoms with Crippen LogP contribution in [0.15, 0.2) is 0 Å². The second-order valence-electron chi connectivity index (χ2n) is 3.17. The zero-order valence-corrected chi connectivity index (χ0v) is 7.29. The van der Waals surface area contributed by atoms with Crippen LogP contribution >= 0.6 is 0 Å². The average molecular weight is 146 g/mol. The molecule has 0 spiro atoms. The fourth-order valence-electron chi connectivity index (χ4n) is 0.483. The highest BCUT2D eigenvalue weighted by molar-refractivity contribution is 4.57. The van der Waals surface area contributed by atoms with Crippen LogP contribution in [-0.4, -0.2) is 23.9 Å². The Morgan fingerprint density at radius 1 is 1.20 bits per heavy atom. The van der Waals surface area contributed by atoms with Crippen molar-refractivity contribution >= 4 is 0 Å². The van der Waals surface area contributed by atoms with Crippen molar-refractivity contribution in [2.45, 2.75) is 39.9 Å². The first-order chi connectivity index (χ1) is 4.54. The first-order valence-electron chi connectivity index (χ1n) is 3.83. The average Bonchev–Trinajstić information content (AvgIpc) is 1.82. The summed E-state index contributed by atoms with van der Waals surface area (Å²) in [5.74, 6) is 0.543. The topological polar surface area (TPSA) is 29.5 Å². The van der Waals surface area contributed by atoms with Gasteiger partial charge in [0.05, 0.1) is 12.2 Å². The van der Waals surface area contributed by atoms with E-state index in [1.165, 1.54) is 0 Å². The second kappa shape index (κ2) is 4.69. The third-order valence-corrected chi connectivity index (χ3v) is 1.37. The lowest BCUT2D eigenvalue weighted by atomic mass is 10.2. The minimum Gasteiger partial charge on any atom is -0.391 e. The predicted molar refractivity (Wildman–Crippen MR) is 41.9 cm³/mol. The summed E-state index contributed by atoms with van der Waals surface area (Å²) in [6.45, 7) is 8.54. The summed E-state index contributed by atoms with van der Waals surface area (Å²) in [6.07, 6.45) is -0.402. The van der Waals surface area contributed by atoms with Gasteiger partial charge in [0.15, 0.2) is 0 Å². The zero-order valence-electron chi connectivity index (χ0n) is 7.29. The van der Waals surface area contributed by atoms with E-state index >= 15 is 0 Å². The largest absolute Gasteiger partial charge is 0.391 e. The first kappa shape index (κ1) is 9.92. The van der Waals surface area contributed by atoms with Crippen molar-refractivity contribution in [2.75, 3.05) is 6.61 Å². The van der Waals surface area contributed by atoms with Crippen molar-refractivity contribution in [3.05, 3.63) is 0 Å². The Balaban J connectivity index is 3.30. The van der Waals surface area contributed by atoms with Crippen LogP contribution in [0.1, 0.15) is 27.7 Å². The molecular formula is C8H18O2. The van der Waals surface area contributed by atoms with Gasteiger partial charge in [0.25, 0.3) is 0 Å². The molecule has 0 aliphatic carbocycles. The van der Waals surface area contributed by atoms with E-state index in [1.807, 2.05) is 6.92 Å². The molecule has 0 aliphatic rings. The molecule has 2 nitrogen and oxygen atoms in total. The van der Waals surface area contributed by atoms with Gasteiger partial charge in [0.2, 0.25) is 0 Å². The molecule has 2 atom stereocenters. The van der Waals surface area contributed by atoms with Crippen LogP contribution in [0.4, 0.5) is 0 Å². The van der Waals surface area contributed by atoms with Gasteiger partial charge < -0.3 is 9.84 Å². The molecule has 0 aliphatic heterocycles. The summed E-state index contributed by atoms with van der Waals surface area (Å²) in [7, 11) is 0. The number of hydrogen-bond acceptors (Lipinski definition) is 2. The second-order valence-corrected chi connectivity index (χ2v) is 3.17. The van der Waals surface area contributed by atoms with E-state index in [1.54, 1.807) is 6.92 Å². The number of ether oxygens (including phenoxy) is 1. The third kappa shape index (κ3) is 4.77. The Labute approximate surface area is 63.2 Å². The van der Waals surface area contributed by atoms with E-state index in [0.29, 0.717) is 5.92 Å². The normalized spacial score (nSPS) is 17.4. The zero-order chi connectivity index (χ0) is 8.15. The number of hydrogen-bond donors (Lipinski definition) is 1. The van der Waals surface area contributed by atoms with Crippen molar-refractivity contribution in [3.8, 4) is 0 Å². The Morgan fingerprint density at radius 2 is 1.70 bits per heavy atom. The lowest BCUT2D eigenvalue weighted by Crippen LogP contribution is -2.24. The van der Waals surface area contributed by atoms with Gasteiger partial charge in [-0.05, 0) is 19.8 Å². The van der Waals surface area contributed by atoms with Crippen LogP contribution in [0, 0.1) is 5.92 Å². The Kier molecular flexibility index (Phi) is 4.65. The van der Waals surface area contributed by atoms with Gasteiger partial charge in [-0.15, -0.1) is 0 Å². The quantitative estimate of drug-likeness (QED) is 0.650. The summed E-state index contributed by atoms with van der Waals surface area (Å²) >= 11 is 0. The maximum atomic E-state index is 9.01. The lowest BCUT2D eigenvalue weighted by Gasteiger charge is -2.16. The van der Waals surface area contributed by atoms with E-state index in [0.717, 1.165) is 6.61 Å². The van der Waals surface area contributed by atoms with Crippen molar-refractivity contribution in [1.82, 2.24) is 0 Å². The molecule has 0 bridgehead atoms. The third-order valence-electron chi connectivity index (χ3n) is 1.37. The molecule has 1 unspecified atom stereocenters. The van der Waals surface area contributed by atoms with Gasteiger partial charge in [0, 0.05) is 6.61 Å². The van der Waals surface area contributed by atoms with Gasteiger partial charge >= 0.3 is 0 Å². The van der Waals surface area contributed by atoms with Gasteiger partial charge in [0.1, 0.15) is 0 Å². The highest BCUT2D eigenvalue weighted by atomic mass is 16.5. The number of aliphatic hydroxyl groups is 1. The van der Waals surface area contributed by atoms with Crippen LogP contribution in [0.3, 0.4) is 0 Å². The highest BCUT2D eigenvalue weighted by Crippen LogP contribution is 2.01. The number of aliphatic hydroxyl groups excluding tert-OH is 1. The van der Waals surface area contributed by atoms with E-state index in [4.69, 9.17) is 9.84 Å². The fraction of sp³-hybridized carbons (Fsp3) is 1.00. The molecule has 0 aromatic rings. The molecule has 62 valence electrons. The summed E-state index contributed by atoms with van der Waals surface area (Å²) in [4.78, 5) is 0. The number of rotatable bonds is 4. The highest BCUT2D eigenvalue weighted by Gasteiger charge is 2.08. The maximum absolute atomic E-state index is 9.01. The Hall–Kier alpha value is -0.0800. The van der Waals surface area contributed by atoms with Crippen LogP contribution < -0.4 is 0 Å². The van der Waals surface area contributed by atoms with Crippen molar-refractivity contribution in [1.29, 1.82) is 0 Å². The molecule has 0 amide bonds. The molecule has 0 saturated heterocycles. The standard InChI is InChI=1S/C8H18O2/c1-6(2)5-10-8(4)7(3)9/h6-9H,5H2,1-4H3/t7-,8?/m1/s1. The summed E-state index contributed by atoms with van der Waals surface area (Å²) in [5.41, 5.74) is 0. The van der Waals surface area contributed by atoms with Gasteiger partial charge in [-0.2, -0.15) is 0 Å². The van der Waals surface area contributed by atoms with Gasteiger partial charge in [-0.25, -0.2) is 0 Å². The monoisotopic (exact) mass is 146 g/mol. The van der Waals surface area contributed by atoms with E-state index < -0.39 is 0 Å². The molecule has 0 rings (SSSR count). The lowest BCUT2D eigenvalue weighted by molar-refractivity contribution is -0.0278.